The van der Waals surface area contributed by atoms with Crippen molar-refractivity contribution in [2.45, 2.75) is 13.0 Å². The van der Waals surface area contributed by atoms with Crippen LogP contribution in [0.2, 0.25) is 0 Å². The van der Waals surface area contributed by atoms with Crippen LogP contribution in [0.1, 0.15) is 6.42 Å². The largest absolute Gasteiger partial charge is 0.340 e. The van der Waals surface area contributed by atoms with E-state index in [1.54, 1.807) is 12.1 Å². The Labute approximate surface area is 137 Å². The van der Waals surface area contributed by atoms with E-state index in [9.17, 15) is 20.2 Å². The summed E-state index contributed by atoms with van der Waals surface area (Å²) < 4.78 is 2.05. The Balaban J connectivity index is 2.27. The van der Waals surface area contributed by atoms with Crippen molar-refractivity contribution < 1.29 is 9.85 Å². The second kappa shape index (κ2) is 6.25. The zero-order valence-electron chi connectivity index (χ0n) is 13.1. The second-order valence-corrected chi connectivity index (χ2v) is 5.53. The predicted molar refractivity (Wildman–Crippen MR) is 91.3 cm³/mol. The lowest BCUT2D eigenvalue weighted by Crippen LogP contribution is -2.10. The first kappa shape index (κ1) is 15.9. The molecule has 0 amide bonds. The van der Waals surface area contributed by atoms with E-state index in [1.807, 2.05) is 7.05 Å². The minimum Gasteiger partial charge on any atom is -0.340 e. The van der Waals surface area contributed by atoms with Crippen molar-refractivity contribution in [3.8, 4) is 0 Å². The first-order valence-electron chi connectivity index (χ1n) is 7.52. The van der Waals surface area contributed by atoms with Crippen molar-refractivity contribution in [3.63, 3.8) is 0 Å². The predicted octanol–water partition coefficient (Wildman–Crippen LogP) is 3.22. The summed E-state index contributed by atoms with van der Waals surface area (Å²) in [5.41, 5.74) is 1.63. The maximum Gasteiger partial charge on any atom is 0.270 e. The molecule has 24 heavy (non-hydrogen) atoms. The summed E-state index contributed by atoms with van der Waals surface area (Å²) in [5, 5.41) is 26.5. The Hall–Kier alpha value is -3.00. The van der Waals surface area contributed by atoms with Gasteiger partial charge in [-0.1, -0.05) is 0 Å². The lowest BCUT2D eigenvalue weighted by atomic mass is 10.1. The molecule has 0 radical (unpaired) electrons. The molecule has 3 rings (SSSR count). The molecule has 1 aromatic heterocycles. The molecular weight excluding hydrogens is 312 g/mol. The summed E-state index contributed by atoms with van der Waals surface area (Å²) in [6, 6.07) is 9.30. The standard InChI is InChI=1S/C16H16N4O4/c1-17-7-2-8-18-15-5-3-11(19(21)22)9-13(15)14-10-12(20(23)24)4-6-16(14)18/h3-6,9-10,17H,2,7-8H2,1H3. The fourth-order valence-electron chi connectivity index (χ4n) is 2.96. The molecule has 0 saturated carbocycles. The molecule has 0 aliphatic heterocycles. The van der Waals surface area contributed by atoms with E-state index in [0.29, 0.717) is 10.8 Å². The van der Waals surface area contributed by atoms with Gasteiger partial charge in [-0.25, -0.2) is 0 Å². The van der Waals surface area contributed by atoms with Crippen LogP contribution in [0, 0.1) is 20.2 Å². The molecular formula is C16H16N4O4. The molecule has 0 atom stereocenters. The number of non-ortho nitro benzene ring substituents is 2. The van der Waals surface area contributed by atoms with Gasteiger partial charge < -0.3 is 9.88 Å². The third-order valence-corrected chi connectivity index (χ3v) is 4.06. The fourth-order valence-corrected chi connectivity index (χ4v) is 2.96. The van der Waals surface area contributed by atoms with Crippen LogP contribution in [0.4, 0.5) is 11.4 Å². The molecule has 3 aromatic rings. The van der Waals surface area contributed by atoms with Crippen molar-refractivity contribution in [2.75, 3.05) is 13.6 Å². The Kier molecular flexibility index (Phi) is 4.13. The van der Waals surface area contributed by atoms with E-state index in [0.717, 1.165) is 30.5 Å². The number of nitrogens with zero attached hydrogens (tertiary/aromatic N) is 3. The number of aromatic nitrogens is 1. The summed E-state index contributed by atoms with van der Waals surface area (Å²) in [6.07, 6.45) is 0.878. The van der Waals surface area contributed by atoms with Crippen LogP contribution in [0.3, 0.4) is 0 Å². The van der Waals surface area contributed by atoms with Gasteiger partial charge in [0.2, 0.25) is 0 Å². The molecule has 8 heteroatoms. The zero-order chi connectivity index (χ0) is 17.3. The second-order valence-electron chi connectivity index (χ2n) is 5.53. The Morgan fingerprint density at radius 3 is 1.88 bits per heavy atom. The number of hydrogen-bond acceptors (Lipinski definition) is 5. The summed E-state index contributed by atoms with van der Waals surface area (Å²) in [4.78, 5) is 21.2. The van der Waals surface area contributed by atoms with Gasteiger partial charge in [-0.2, -0.15) is 0 Å². The monoisotopic (exact) mass is 328 g/mol. The zero-order valence-corrected chi connectivity index (χ0v) is 13.1. The summed E-state index contributed by atoms with van der Waals surface area (Å²) in [5.74, 6) is 0. The molecule has 0 bridgehead atoms. The maximum absolute atomic E-state index is 11.1. The summed E-state index contributed by atoms with van der Waals surface area (Å²) in [7, 11) is 1.87. The number of hydrogen-bond donors (Lipinski definition) is 1. The average molecular weight is 328 g/mol. The first-order valence-corrected chi connectivity index (χ1v) is 7.52. The number of nitro groups is 2. The van der Waals surface area contributed by atoms with Crippen LogP contribution >= 0.6 is 0 Å². The molecule has 0 spiro atoms. The third-order valence-electron chi connectivity index (χ3n) is 4.06. The summed E-state index contributed by atoms with van der Waals surface area (Å²) >= 11 is 0. The van der Waals surface area contributed by atoms with Gasteiger partial charge in [0.05, 0.1) is 9.85 Å². The lowest BCUT2D eigenvalue weighted by molar-refractivity contribution is -0.385. The molecule has 0 fully saturated rings. The van der Waals surface area contributed by atoms with E-state index < -0.39 is 9.85 Å². The van der Waals surface area contributed by atoms with Crippen molar-refractivity contribution >= 4 is 33.2 Å². The number of aryl methyl sites for hydroxylation is 1. The average Bonchev–Trinajstić information content (AvgIpc) is 2.88. The van der Waals surface area contributed by atoms with Crippen molar-refractivity contribution in [1.29, 1.82) is 0 Å². The molecule has 0 unspecified atom stereocenters. The highest BCUT2D eigenvalue weighted by Crippen LogP contribution is 2.34. The minimum absolute atomic E-state index is 0.0247. The highest BCUT2D eigenvalue weighted by atomic mass is 16.6. The van der Waals surface area contributed by atoms with E-state index >= 15 is 0 Å². The van der Waals surface area contributed by atoms with Crippen molar-refractivity contribution in [2.24, 2.45) is 0 Å². The van der Waals surface area contributed by atoms with Crippen LogP contribution in [-0.4, -0.2) is 28.0 Å². The van der Waals surface area contributed by atoms with Crippen LogP contribution in [0.5, 0.6) is 0 Å². The minimum atomic E-state index is -0.457. The lowest BCUT2D eigenvalue weighted by Gasteiger charge is -2.07. The number of nitro benzene ring substituents is 2. The highest BCUT2D eigenvalue weighted by Gasteiger charge is 2.17. The van der Waals surface area contributed by atoms with Gasteiger partial charge in [-0.3, -0.25) is 20.2 Å². The highest BCUT2D eigenvalue weighted by molar-refractivity contribution is 6.09. The van der Waals surface area contributed by atoms with Gasteiger partial charge in [-0.05, 0) is 32.1 Å². The van der Waals surface area contributed by atoms with Gasteiger partial charge >= 0.3 is 0 Å². The molecule has 8 nitrogen and oxygen atoms in total. The molecule has 0 aliphatic carbocycles. The van der Waals surface area contributed by atoms with Crippen LogP contribution in [-0.2, 0) is 6.54 Å². The van der Waals surface area contributed by atoms with Gasteiger partial charge in [0.1, 0.15) is 0 Å². The third kappa shape index (κ3) is 2.67. The normalized spacial score (nSPS) is 11.2. The van der Waals surface area contributed by atoms with E-state index in [4.69, 9.17) is 0 Å². The SMILES string of the molecule is CNCCCn1c2ccc([N+](=O)[O-])cc2c2cc([N+](=O)[O-])ccc21. The van der Waals surface area contributed by atoms with Crippen LogP contribution in [0.15, 0.2) is 36.4 Å². The number of fused-ring (bicyclic) bond motifs is 3. The smallest absolute Gasteiger partial charge is 0.270 e. The quantitative estimate of drug-likeness (QED) is 0.425. The van der Waals surface area contributed by atoms with E-state index in [1.165, 1.54) is 24.3 Å². The van der Waals surface area contributed by atoms with Gasteiger partial charge in [0.15, 0.2) is 0 Å². The Morgan fingerprint density at radius 2 is 1.46 bits per heavy atom. The van der Waals surface area contributed by atoms with Crippen LogP contribution in [0.25, 0.3) is 21.8 Å². The topological polar surface area (TPSA) is 103 Å². The number of rotatable bonds is 6. The van der Waals surface area contributed by atoms with E-state index in [2.05, 4.69) is 9.88 Å². The Morgan fingerprint density at radius 1 is 0.958 bits per heavy atom. The maximum atomic E-state index is 11.1. The molecule has 0 aliphatic rings. The molecule has 1 heterocycles. The van der Waals surface area contributed by atoms with Gasteiger partial charge in [-0.15, -0.1) is 0 Å². The van der Waals surface area contributed by atoms with Gasteiger partial charge in [0.25, 0.3) is 11.4 Å². The molecule has 0 saturated heterocycles. The van der Waals surface area contributed by atoms with Crippen molar-refractivity contribution in [3.05, 3.63) is 56.6 Å². The van der Waals surface area contributed by atoms with Crippen LogP contribution < -0.4 is 5.32 Å². The van der Waals surface area contributed by atoms with Crippen molar-refractivity contribution in [1.82, 2.24) is 9.88 Å². The number of nitrogens with one attached hydrogen (secondary N) is 1. The Bertz CT molecular complexity index is 877. The summed E-state index contributed by atoms with van der Waals surface area (Å²) in [6.45, 7) is 1.55. The fraction of sp³-hybridized carbons (Fsp3) is 0.250. The first-order chi connectivity index (χ1) is 11.5. The van der Waals surface area contributed by atoms with Gasteiger partial charge in [0, 0.05) is 52.6 Å². The number of benzene rings is 2. The molecule has 124 valence electrons. The molecule has 1 N–H and O–H groups in total. The van der Waals surface area contributed by atoms with E-state index in [-0.39, 0.29) is 11.4 Å². The molecule has 2 aromatic carbocycles.